The number of imidazole rings is 1. The second kappa shape index (κ2) is 6.58. The summed E-state index contributed by atoms with van der Waals surface area (Å²) in [5, 5.41) is 20.3. The van der Waals surface area contributed by atoms with E-state index in [0.717, 1.165) is 0 Å². The van der Waals surface area contributed by atoms with Gasteiger partial charge in [-0.25, -0.2) is 14.0 Å². The van der Waals surface area contributed by atoms with Gasteiger partial charge in [0.25, 0.3) is 5.91 Å². The lowest BCUT2D eigenvalue weighted by Crippen LogP contribution is -2.19. The molecule has 9 nitrogen and oxygen atoms in total. The van der Waals surface area contributed by atoms with E-state index in [2.05, 4.69) is 51.5 Å². The van der Waals surface area contributed by atoms with Crippen LogP contribution in [0, 0.1) is 11.2 Å². The van der Waals surface area contributed by atoms with Gasteiger partial charge in [0.2, 0.25) is 5.82 Å². The topological polar surface area (TPSA) is 133 Å². The van der Waals surface area contributed by atoms with Gasteiger partial charge in [-0.15, -0.1) is 0 Å². The maximum Gasteiger partial charge on any atom is 0.292 e. The van der Waals surface area contributed by atoms with Crippen molar-refractivity contribution in [2.24, 2.45) is 0 Å². The fourth-order valence-electron chi connectivity index (χ4n) is 1.77. The summed E-state index contributed by atoms with van der Waals surface area (Å²) in [5.41, 5.74) is 0.426. The first kappa shape index (κ1) is 15.8. The fraction of sp³-hybridized carbons (Fsp3) is 0. The largest absolute Gasteiger partial charge is 0.341 e. The van der Waals surface area contributed by atoms with Gasteiger partial charge in [-0.2, -0.15) is 0 Å². The Morgan fingerprint density at radius 3 is 2.88 bits per heavy atom. The van der Waals surface area contributed by atoms with Crippen LogP contribution in [0.5, 0.6) is 0 Å². The monoisotopic (exact) mass is 393 g/mol. The highest BCUT2D eigenvalue weighted by atomic mass is 79.9. The van der Waals surface area contributed by atoms with Crippen LogP contribution in [0.15, 0.2) is 39.7 Å². The van der Waals surface area contributed by atoms with Gasteiger partial charge < -0.3 is 10.3 Å². The molecule has 0 unspecified atom stereocenters. The third-order valence-electron chi connectivity index (χ3n) is 2.86. The highest BCUT2D eigenvalue weighted by molar-refractivity contribution is 9.10. The fourth-order valence-corrected chi connectivity index (χ4v) is 2.15. The van der Waals surface area contributed by atoms with Crippen molar-refractivity contribution in [3.63, 3.8) is 0 Å². The SMILES string of the molecule is N=C(Nc1ccc(F)c(Br)c1)c1nonc1NC(=O)c1ncc[nH]1. The normalized spacial score (nSPS) is 10.4. The van der Waals surface area contributed by atoms with E-state index >= 15 is 0 Å². The summed E-state index contributed by atoms with van der Waals surface area (Å²) >= 11 is 3.05. The van der Waals surface area contributed by atoms with Crippen LogP contribution < -0.4 is 10.6 Å². The Balaban J connectivity index is 1.75. The number of rotatable bonds is 4. The minimum atomic E-state index is -0.561. The summed E-state index contributed by atoms with van der Waals surface area (Å²) in [5.74, 6) is -1.15. The second-order valence-electron chi connectivity index (χ2n) is 4.48. The number of hydrogen-bond acceptors (Lipinski definition) is 6. The van der Waals surface area contributed by atoms with Gasteiger partial charge in [-0.1, -0.05) is 0 Å². The number of amidine groups is 1. The summed E-state index contributed by atoms with van der Waals surface area (Å²) in [6.45, 7) is 0. The van der Waals surface area contributed by atoms with Gasteiger partial charge in [-0.05, 0) is 44.4 Å². The Morgan fingerprint density at radius 1 is 1.33 bits per heavy atom. The van der Waals surface area contributed by atoms with E-state index in [9.17, 15) is 9.18 Å². The van der Waals surface area contributed by atoms with Crippen molar-refractivity contribution in [2.75, 3.05) is 10.6 Å². The molecule has 0 radical (unpaired) electrons. The van der Waals surface area contributed by atoms with Gasteiger partial charge in [0.1, 0.15) is 5.82 Å². The zero-order chi connectivity index (χ0) is 17.1. The number of anilines is 2. The minimum Gasteiger partial charge on any atom is -0.341 e. The molecule has 0 saturated carbocycles. The Bertz CT molecular complexity index is 894. The maximum atomic E-state index is 13.2. The van der Waals surface area contributed by atoms with Crippen LogP contribution in [0.1, 0.15) is 16.3 Å². The molecule has 0 aliphatic rings. The van der Waals surface area contributed by atoms with Crippen LogP contribution in [-0.4, -0.2) is 32.0 Å². The van der Waals surface area contributed by atoms with E-state index in [1.807, 2.05) is 0 Å². The number of carbonyl (C=O) groups is 1. The summed E-state index contributed by atoms with van der Waals surface area (Å²) in [7, 11) is 0. The van der Waals surface area contributed by atoms with E-state index in [-0.39, 0.29) is 27.6 Å². The average Bonchev–Trinajstić information content (AvgIpc) is 3.22. The quantitative estimate of drug-likeness (QED) is 0.397. The Labute approximate surface area is 142 Å². The van der Waals surface area contributed by atoms with Crippen LogP contribution in [0.3, 0.4) is 0 Å². The summed E-state index contributed by atoms with van der Waals surface area (Å²) in [6.07, 6.45) is 2.92. The highest BCUT2D eigenvalue weighted by Crippen LogP contribution is 2.21. The number of amides is 1. The molecule has 4 N–H and O–H groups in total. The first-order valence-electron chi connectivity index (χ1n) is 6.49. The van der Waals surface area contributed by atoms with E-state index in [1.165, 1.54) is 30.6 Å². The molecule has 122 valence electrons. The van der Waals surface area contributed by atoms with Crippen molar-refractivity contribution in [1.82, 2.24) is 20.3 Å². The summed E-state index contributed by atoms with van der Waals surface area (Å²) < 4.78 is 18.0. The highest BCUT2D eigenvalue weighted by Gasteiger charge is 2.19. The molecule has 0 atom stereocenters. The molecule has 3 rings (SSSR count). The van der Waals surface area contributed by atoms with Crippen LogP contribution in [0.25, 0.3) is 0 Å². The number of hydrogen-bond donors (Lipinski definition) is 4. The minimum absolute atomic E-state index is 0.0182. The van der Waals surface area contributed by atoms with Crippen molar-refractivity contribution >= 4 is 39.2 Å². The predicted molar refractivity (Wildman–Crippen MR) is 85.4 cm³/mol. The van der Waals surface area contributed by atoms with Crippen molar-refractivity contribution in [1.29, 1.82) is 5.41 Å². The average molecular weight is 394 g/mol. The van der Waals surface area contributed by atoms with Crippen LogP contribution in [0.4, 0.5) is 15.9 Å². The lowest BCUT2D eigenvalue weighted by molar-refractivity contribution is 0.101. The van der Waals surface area contributed by atoms with Gasteiger partial charge >= 0.3 is 0 Å². The first-order chi connectivity index (χ1) is 11.5. The van der Waals surface area contributed by atoms with Crippen molar-refractivity contribution < 1.29 is 13.8 Å². The number of nitrogens with one attached hydrogen (secondary N) is 4. The standard InChI is InChI=1S/C13H9BrFN7O2/c14-7-5-6(1-2-8(7)15)19-10(16)9-11(22-24-21-9)20-13(23)12-17-3-4-18-12/h1-5H,(H2,16,19)(H,17,18)(H,20,22,23). The molecule has 0 fully saturated rings. The maximum absolute atomic E-state index is 13.2. The zero-order valence-electron chi connectivity index (χ0n) is 11.8. The van der Waals surface area contributed by atoms with Gasteiger partial charge in [-0.3, -0.25) is 15.5 Å². The molecule has 0 aliphatic heterocycles. The number of aromatic nitrogens is 4. The summed E-state index contributed by atoms with van der Waals surface area (Å²) in [4.78, 5) is 18.4. The smallest absolute Gasteiger partial charge is 0.292 e. The molecule has 1 aromatic carbocycles. The lowest BCUT2D eigenvalue weighted by Gasteiger charge is -2.07. The Hall–Kier alpha value is -3.08. The molecule has 0 spiro atoms. The van der Waals surface area contributed by atoms with E-state index < -0.39 is 11.7 Å². The third-order valence-corrected chi connectivity index (χ3v) is 3.47. The number of H-pyrrole nitrogens is 1. The van der Waals surface area contributed by atoms with Crippen LogP contribution >= 0.6 is 15.9 Å². The van der Waals surface area contributed by atoms with Crippen molar-refractivity contribution in [3.8, 4) is 0 Å². The molecule has 0 saturated heterocycles. The Morgan fingerprint density at radius 2 is 2.17 bits per heavy atom. The molecule has 0 bridgehead atoms. The van der Waals surface area contributed by atoms with E-state index in [0.29, 0.717) is 5.69 Å². The Kier molecular flexibility index (Phi) is 4.33. The van der Waals surface area contributed by atoms with Gasteiger partial charge in [0.15, 0.2) is 17.4 Å². The molecule has 11 heteroatoms. The van der Waals surface area contributed by atoms with Gasteiger partial charge in [0.05, 0.1) is 4.47 Å². The molecular formula is C13H9BrFN7O2. The summed E-state index contributed by atoms with van der Waals surface area (Å²) in [6, 6.07) is 4.14. The molecule has 0 aliphatic carbocycles. The lowest BCUT2D eigenvalue weighted by atomic mass is 10.3. The van der Waals surface area contributed by atoms with Crippen LogP contribution in [-0.2, 0) is 0 Å². The predicted octanol–water partition coefficient (Wildman–Crippen LogP) is 2.38. The third kappa shape index (κ3) is 3.30. The molecular weight excluding hydrogens is 385 g/mol. The number of aromatic amines is 1. The zero-order valence-corrected chi connectivity index (χ0v) is 13.4. The number of halogens is 2. The molecule has 24 heavy (non-hydrogen) atoms. The van der Waals surface area contributed by atoms with Gasteiger partial charge in [0, 0.05) is 18.1 Å². The number of carbonyl (C=O) groups excluding carboxylic acids is 1. The van der Waals surface area contributed by atoms with Crippen molar-refractivity contribution in [2.45, 2.75) is 0 Å². The molecule has 2 aromatic heterocycles. The molecule has 1 amide bonds. The second-order valence-corrected chi connectivity index (χ2v) is 5.34. The van der Waals surface area contributed by atoms with Crippen molar-refractivity contribution in [3.05, 3.63) is 52.4 Å². The van der Waals surface area contributed by atoms with E-state index in [1.54, 1.807) is 0 Å². The number of benzene rings is 1. The molecule has 2 heterocycles. The molecule has 3 aromatic rings. The first-order valence-corrected chi connectivity index (χ1v) is 7.28. The number of nitrogens with zero attached hydrogens (tertiary/aromatic N) is 3. The van der Waals surface area contributed by atoms with Crippen LogP contribution in [0.2, 0.25) is 0 Å². The van der Waals surface area contributed by atoms with E-state index in [4.69, 9.17) is 5.41 Å².